The molecule has 1 aliphatic rings. The molecule has 1 saturated heterocycles. The van der Waals surface area contributed by atoms with E-state index in [9.17, 15) is 19.7 Å². The molecule has 1 fully saturated rings. The van der Waals surface area contributed by atoms with Crippen LogP contribution in [0.1, 0.15) is 39.9 Å². The fourth-order valence-corrected chi connectivity index (χ4v) is 3.73. The Bertz CT molecular complexity index is 949. The summed E-state index contributed by atoms with van der Waals surface area (Å²) < 4.78 is 0. The van der Waals surface area contributed by atoms with Crippen molar-refractivity contribution in [2.75, 3.05) is 26.2 Å². The van der Waals surface area contributed by atoms with Gasteiger partial charge in [0, 0.05) is 63.3 Å². The second-order valence-electron chi connectivity index (χ2n) is 7.83. The minimum atomic E-state index is -0.389. The summed E-state index contributed by atoms with van der Waals surface area (Å²) in [6.07, 6.45) is 0.439. The zero-order chi connectivity index (χ0) is 21.7. The number of ketones is 1. The van der Waals surface area contributed by atoms with E-state index in [1.54, 1.807) is 17.0 Å². The van der Waals surface area contributed by atoms with Gasteiger partial charge >= 0.3 is 0 Å². The molecule has 0 aromatic heterocycles. The molecule has 0 spiro atoms. The number of aryl methyl sites for hydroxylation is 2. The van der Waals surface area contributed by atoms with Crippen molar-refractivity contribution in [3.8, 4) is 0 Å². The number of piperazine rings is 1. The lowest BCUT2D eigenvalue weighted by Gasteiger charge is -2.34. The predicted molar refractivity (Wildman–Crippen MR) is 114 cm³/mol. The van der Waals surface area contributed by atoms with Crippen LogP contribution in [-0.2, 0) is 11.3 Å². The standard InChI is InChI=1S/C23H27N3O4/c1-17-6-7-18(2)21(14-17)22(27)8-9-23(28)25-12-10-24(11-13-25)16-19-4-3-5-20(15-19)26(29)30/h3-7,14-15H,8-13,16H2,1-2H3. The Morgan fingerprint density at radius 1 is 1.00 bits per heavy atom. The van der Waals surface area contributed by atoms with Crippen molar-refractivity contribution in [3.63, 3.8) is 0 Å². The SMILES string of the molecule is Cc1ccc(C)c(C(=O)CCC(=O)N2CCN(Cc3cccc([N+](=O)[O-])c3)CC2)c1. The van der Waals surface area contributed by atoms with E-state index in [2.05, 4.69) is 4.90 Å². The van der Waals surface area contributed by atoms with E-state index in [0.29, 0.717) is 38.3 Å². The molecule has 7 heteroatoms. The van der Waals surface area contributed by atoms with E-state index in [1.807, 2.05) is 38.1 Å². The van der Waals surface area contributed by atoms with Crippen LogP contribution in [0, 0.1) is 24.0 Å². The molecule has 1 aliphatic heterocycles. The van der Waals surface area contributed by atoms with Gasteiger partial charge < -0.3 is 4.90 Å². The van der Waals surface area contributed by atoms with Gasteiger partial charge in [0.15, 0.2) is 5.78 Å². The van der Waals surface area contributed by atoms with Gasteiger partial charge in [-0.25, -0.2) is 0 Å². The topological polar surface area (TPSA) is 83.8 Å². The quantitative estimate of drug-likeness (QED) is 0.397. The molecule has 3 rings (SSSR count). The van der Waals surface area contributed by atoms with Crippen LogP contribution in [-0.4, -0.2) is 52.6 Å². The molecule has 30 heavy (non-hydrogen) atoms. The molecule has 2 aromatic rings. The summed E-state index contributed by atoms with van der Waals surface area (Å²) >= 11 is 0. The van der Waals surface area contributed by atoms with E-state index in [0.717, 1.165) is 16.7 Å². The summed E-state index contributed by atoms with van der Waals surface area (Å²) in [6, 6.07) is 12.4. The number of hydrogen-bond donors (Lipinski definition) is 0. The first-order valence-corrected chi connectivity index (χ1v) is 10.2. The van der Waals surface area contributed by atoms with E-state index < -0.39 is 0 Å². The maximum atomic E-state index is 12.6. The molecule has 2 aromatic carbocycles. The highest BCUT2D eigenvalue weighted by Gasteiger charge is 2.22. The van der Waals surface area contributed by atoms with Gasteiger partial charge in [-0.05, 0) is 31.0 Å². The Kier molecular flexibility index (Phi) is 6.95. The van der Waals surface area contributed by atoms with E-state index in [1.165, 1.54) is 6.07 Å². The van der Waals surface area contributed by atoms with Crippen molar-refractivity contribution in [2.45, 2.75) is 33.2 Å². The Labute approximate surface area is 176 Å². The molecule has 0 N–H and O–H groups in total. The average Bonchev–Trinajstić information content (AvgIpc) is 2.74. The average molecular weight is 409 g/mol. The summed E-state index contributed by atoms with van der Waals surface area (Å²) in [6.45, 7) is 7.11. The number of nitro groups is 1. The molecule has 1 amide bonds. The maximum Gasteiger partial charge on any atom is 0.269 e. The number of benzene rings is 2. The number of carbonyl (C=O) groups excluding carboxylic acids is 2. The third-order valence-electron chi connectivity index (χ3n) is 5.51. The van der Waals surface area contributed by atoms with Gasteiger partial charge in [0.05, 0.1) is 4.92 Å². The highest BCUT2D eigenvalue weighted by Crippen LogP contribution is 2.17. The first kappa shape index (κ1) is 21.6. The van der Waals surface area contributed by atoms with Crippen LogP contribution in [0.3, 0.4) is 0 Å². The lowest BCUT2D eigenvalue weighted by Crippen LogP contribution is -2.48. The zero-order valence-electron chi connectivity index (χ0n) is 17.5. The zero-order valence-corrected chi connectivity index (χ0v) is 17.5. The molecule has 0 bridgehead atoms. The predicted octanol–water partition coefficient (Wildman–Crippen LogP) is 3.52. The van der Waals surface area contributed by atoms with Crippen LogP contribution >= 0.6 is 0 Å². The number of amides is 1. The number of nitro benzene ring substituents is 1. The Hall–Kier alpha value is -3.06. The summed E-state index contributed by atoms with van der Waals surface area (Å²) in [5, 5.41) is 10.9. The van der Waals surface area contributed by atoms with Gasteiger partial charge in [0.25, 0.3) is 5.69 Å². The normalized spacial score (nSPS) is 14.5. The summed E-state index contributed by atoms with van der Waals surface area (Å²) in [5.74, 6) is 0.0116. The fourth-order valence-electron chi connectivity index (χ4n) is 3.73. The number of hydrogen-bond acceptors (Lipinski definition) is 5. The van der Waals surface area contributed by atoms with E-state index in [4.69, 9.17) is 0 Å². The molecule has 158 valence electrons. The molecule has 7 nitrogen and oxygen atoms in total. The lowest BCUT2D eigenvalue weighted by molar-refractivity contribution is -0.384. The third-order valence-corrected chi connectivity index (χ3v) is 5.51. The molecule has 0 atom stereocenters. The fraction of sp³-hybridized carbons (Fsp3) is 0.391. The first-order valence-electron chi connectivity index (χ1n) is 10.2. The number of carbonyl (C=O) groups is 2. The van der Waals surface area contributed by atoms with Crippen molar-refractivity contribution in [1.29, 1.82) is 0 Å². The Morgan fingerprint density at radius 3 is 2.43 bits per heavy atom. The van der Waals surface area contributed by atoms with Crippen LogP contribution in [0.4, 0.5) is 5.69 Å². The number of rotatable bonds is 7. The van der Waals surface area contributed by atoms with E-state index in [-0.39, 0.29) is 35.1 Å². The van der Waals surface area contributed by atoms with Crippen LogP contribution in [0.15, 0.2) is 42.5 Å². The second kappa shape index (κ2) is 9.63. The third kappa shape index (κ3) is 5.51. The van der Waals surface area contributed by atoms with Gasteiger partial charge in [0.1, 0.15) is 0 Å². The van der Waals surface area contributed by atoms with Crippen LogP contribution in [0.2, 0.25) is 0 Å². The minimum Gasteiger partial charge on any atom is -0.340 e. The summed E-state index contributed by atoms with van der Waals surface area (Å²) in [4.78, 5) is 39.6. The highest BCUT2D eigenvalue weighted by atomic mass is 16.6. The monoisotopic (exact) mass is 409 g/mol. The molecule has 0 saturated carbocycles. The molecular formula is C23H27N3O4. The minimum absolute atomic E-state index is 0.00338. The summed E-state index contributed by atoms with van der Waals surface area (Å²) in [7, 11) is 0. The number of nitrogens with zero attached hydrogens (tertiary/aromatic N) is 3. The van der Waals surface area contributed by atoms with Crippen molar-refractivity contribution < 1.29 is 14.5 Å². The van der Waals surface area contributed by atoms with Crippen molar-refractivity contribution in [1.82, 2.24) is 9.80 Å². The largest absolute Gasteiger partial charge is 0.340 e. The van der Waals surface area contributed by atoms with Gasteiger partial charge in [-0.15, -0.1) is 0 Å². The van der Waals surface area contributed by atoms with Crippen LogP contribution in [0.5, 0.6) is 0 Å². The first-order chi connectivity index (χ1) is 14.3. The molecule has 0 unspecified atom stereocenters. The molecule has 0 radical (unpaired) electrons. The summed E-state index contributed by atoms with van der Waals surface area (Å²) in [5.41, 5.74) is 3.66. The Morgan fingerprint density at radius 2 is 1.73 bits per heavy atom. The van der Waals surface area contributed by atoms with Gasteiger partial charge in [-0.3, -0.25) is 24.6 Å². The van der Waals surface area contributed by atoms with E-state index >= 15 is 0 Å². The Balaban J connectivity index is 1.47. The number of non-ortho nitro benzene ring substituents is 1. The number of Topliss-reactive ketones (excluding diaryl/α,β-unsaturated/α-hetero) is 1. The van der Waals surface area contributed by atoms with Gasteiger partial charge in [0.2, 0.25) is 5.91 Å². The van der Waals surface area contributed by atoms with Crippen LogP contribution < -0.4 is 0 Å². The van der Waals surface area contributed by atoms with Gasteiger partial charge in [-0.2, -0.15) is 0 Å². The van der Waals surface area contributed by atoms with Crippen molar-refractivity contribution in [3.05, 3.63) is 74.8 Å². The lowest BCUT2D eigenvalue weighted by atomic mass is 9.99. The second-order valence-corrected chi connectivity index (χ2v) is 7.83. The van der Waals surface area contributed by atoms with Gasteiger partial charge in [-0.1, -0.05) is 29.8 Å². The maximum absolute atomic E-state index is 12.6. The van der Waals surface area contributed by atoms with Crippen molar-refractivity contribution >= 4 is 17.4 Å². The smallest absolute Gasteiger partial charge is 0.269 e. The molecule has 1 heterocycles. The highest BCUT2D eigenvalue weighted by molar-refractivity contribution is 5.99. The van der Waals surface area contributed by atoms with Crippen LogP contribution in [0.25, 0.3) is 0 Å². The van der Waals surface area contributed by atoms with Crippen molar-refractivity contribution in [2.24, 2.45) is 0 Å². The molecule has 0 aliphatic carbocycles. The molecular weight excluding hydrogens is 382 g/mol.